The third-order valence-electron chi connectivity index (χ3n) is 2.18. The Balaban J connectivity index is 2.50. The van der Waals surface area contributed by atoms with E-state index in [0.717, 1.165) is 11.3 Å². The van der Waals surface area contributed by atoms with Gasteiger partial charge >= 0.3 is 5.97 Å². The van der Waals surface area contributed by atoms with Gasteiger partial charge in [0, 0.05) is 6.08 Å². The first-order valence-corrected chi connectivity index (χ1v) is 5.81. The van der Waals surface area contributed by atoms with E-state index in [1.54, 1.807) is 13.2 Å². The topological polar surface area (TPSA) is 35.5 Å². The van der Waals surface area contributed by atoms with Crippen molar-refractivity contribution < 1.29 is 14.3 Å². The van der Waals surface area contributed by atoms with E-state index in [4.69, 9.17) is 9.47 Å². The van der Waals surface area contributed by atoms with Crippen LogP contribution < -0.4 is 4.74 Å². The minimum atomic E-state index is -0.386. The third-order valence-corrected chi connectivity index (χ3v) is 2.18. The lowest BCUT2D eigenvalue weighted by Crippen LogP contribution is -1.94. The summed E-state index contributed by atoms with van der Waals surface area (Å²) in [5, 5.41) is 0. The molecule has 0 saturated carbocycles. The second-order valence-corrected chi connectivity index (χ2v) is 4.12. The molecule has 1 aromatic carbocycles. The van der Waals surface area contributed by atoms with Crippen LogP contribution in [-0.2, 0) is 9.53 Å². The van der Waals surface area contributed by atoms with Gasteiger partial charge in [0.2, 0.25) is 0 Å². The standard InChI is InChI=1S/C15H18O3/c1-12(2)10-11-18-15(16)9-6-13-4-7-14(17-3)8-5-13/h4-12H,1-3H3/b9-6+,11-10+. The fourth-order valence-corrected chi connectivity index (χ4v) is 1.18. The highest BCUT2D eigenvalue weighted by Crippen LogP contribution is 2.12. The summed E-state index contributed by atoms with van der Waals surface area (Å²) in [6, 6.07) is 7.41. The van der Waals surface area contributed by atoms with Crippen LogP contribution in [0.1, 0.15) is 19.4 Å². The molecule has 0 fully saturated rings. The van der Waals surface area contributed by atoms with E-state index >= 15 is 0 Å². The molecule has 1 aromatic rings. The quantitative estimate of drug-likeness (QED) is 0.453. The summed E-state index contributed by atoms with van der Waals surface area (Å²) >= 11 is 0. The molecular formula is C15H18O3. The molecule has 0 atom stereocenters. The van der Waals surface area contributed by atoms with Crippen LogP contribution in [0.4, 0.5) is 0 Å². The molecular weight excluding hydrogens is 228 g/mol. The highest BCUT2D eigenvalue weighted by atomic mass is 16.5. The summed E-state index contributed by atoms with van der Waals surface area (Å²) in [5.41, 5.74) is 0.917. The monoisotopic (exact) mass is 246 g/mol. The molecule has 0 aliphatic rings. The van der Waals surface area contributed by atoms with E-state index in [9.17, 15) is 4.79 Å². The van der Waals surface area contributed by atoms with Crippen molar-refractivity contribution in [2.45, 2.75) is 13.8 Å². The van der Waals surface area contributed by atoms with Gasteiger partial charge in [-0.15, -0.1) is 0 Å². The van der Waals surface area contributed by atoms with Gasteiger partial charge in [-0.25, -0.2) is 4.79 Å². The smallest absolute Gasteiger partial charge is 0.335 e. The largest absolute Gasteiger partial charge is 0.497 e. The number of carbonyl (C=O) groups excluding carboxylic acids is 1. The van der Waals surface area contributed by atoms with E-state index in [0.29, 0.717) is 5.92 Å². The Kier molecular flexibility index (Phi) is 5.71. The summed E-state index contributed by atoms with van der Waals surface area (Å²) < 4.78 is 9.93. The van der Waals surface area contributed by atoms with Gasteiger partial charge in [-0.3, -0.25) is 0 Å². The zero-order valence-corrected chi connectivity index (χ0v) is 10.9. The lowest BCUT2D eigenvalue weighted by atomic mass is 10.2. The number of benzene rings is 1. The Hall–Kier alpha value is -2.03. The first kappa shape index (κ1) is 14.0. The number of methoxy groups -OCH3 is 1. The molecule has 0 aliphatic carbocycles. The third kappa shape index (κ3) is 5.34. The number of hydrogen-bond donors (Lipinski definition) is 0. The summed E-state index contributed by atoms with van der Waals surface area (Å²) in [5.74, 6) is 0.765. The van der Waals surface area contributed by atoms with Crippen molar-refractivity contribution in [1.29, 1.82) is 0 Å². The molecule has 0 amide bonds. The van der Waals surface area contributed by atoms with Gasteiger partial charge in [0.15, 0.2) is 0 Å². The molecule has 0 aliphatic heterocycles. The molecule has 0 unspecified atom stereocenters. The number of esters is 1. The maximum atomic E-state index is 11.3. The number of carbonyl (C=O) groups is 1. The van der Waals surface area contributed by atoms with E-state index in [1.165, 1.54) is 12.3 Å². The average molecular weight is 246 g/mol. The first-order valence-electron chi connectivity index (χ1n) is 5.81. The molecule has 96 valence electrons. The Morgan fingerprint density at radius 1 is 1.22 bits per heavy atom. The summed E-state index contributed by atoms with van der Waals surface area (Å²) in [6.07, 6.45) is 6.34. The fourth-order valence-electron chi connectivity index (χ4n) is 1.18. The van der Waals surface area contributed by atoms with Gasteiger partial charge in [0.25, 0.3) is 0 Å². The number of rotatable bonds is 5. The van der Waals surface area contributed by atoms with Crippen molar-refractivity contribution in [3.05, 3.63) is 48.2 Å². The SMILES string of the molecule is COc1ccc(/C=C/C(=O)O/C=C/C(C)C)cc1. The number of ether oxygens (including phenoxy) is 2. The van der Waals surface area contributed by atoms with Crippen molar-refractivity contribution in [3.8, 4) is 5.75 Å². The molecule has 3 heteroatoms. The second kappa shape index (κ2) is 7.33. The lowest BCUT2D eigenvalue weighted by molar-refractivity contribution is -0.132. The molecule has 0 saturated heterocycles. The highest BCUT2D eigenvalue weighted by molar-refractivity contribution is 5.87. The minimum absolute atomic E-state index is 0.364. The Labute approximate surface area is 108 Å². The Morgan fingerprint density at radius 2 is 1.89 bits per heavy atom. The number of allylic oxidation sites excluding steroid dienone is 1. The highest BCUT2D eigenvalue weighted by Gasteiger charge is 1.95. The van der Waals surface area contributed by atoms with Crippen LogP contribution in [0.25, 0.3) is 6.08 Å². The first-order chi connectivity index (χ1) is 8.61. The van der Waals surface area contributed by atoms with Crippen LogP contribution in [-0.4, -0.2) is 13.1 Å². The molecule has 0 aromatic heterocycles. The van der Waals surface area contributed by atoms with Crippen molar-refractivity contribution >= 4 is 12.0 Å². The fraction of sp³-hybridized carbons (Fsp3) is 0.267. The second-order valence-electron chi connectivity index (χ2n) is 4.12. The maximum Gasteiger partial charge on any atom is 0.335 e. The van der Waals surface area contributed by atoms with E-state index in [-0.39, 0.29) is 5.97 Å². The zero-order valence-electron chi connectivity index (χ0n) is 10.9. The van der Waals surface area contributed by atoms with E-state index < -0.39 is 0 Å². The van der Waals surface area contributed by atoms with Crippen LogP contribution in [0.15, 0.2) is 42.7 Å². The zero-order chi connectivity index (χ0) is 13.4. The molecule has 0 spiro atoms. The van der Waals surface area contributed by atoms with Gasteiger partial charge in [0.1, 0.15) is 5.75 Å². The van der Waals surface area contributed by atoms with Crippen LogP contribution in [0.3, 0.4) is 0 Å². The molecule has 0 heterocycles. The normalized spacial score (nSPS) is 11.3. The van der Waals surface area contributed by atoms with Gasteiger partial charge in [-0.05, 0) is 35.8 Å². The Bertz CT molecular complexity index is 428. The predicted molar refractivity (Wildman–Crippen MR) is 72.1 cm³/mol. The predicted octanol–water partition coefficient (Wildman–Crippen LogP) is 3.42. The van der Waals surface area contributed by atoms with Crippen LogP contribution in [0, 0.1) is 5.92 Å². The summed E-state index contributed by atoms with van der Waals surface area (Å²) in [4.78, 5) is 11.3. The molecule has 0 N–H and O–H groups in total. The van der Waals surface area contributed by atoms with Crippen molar-refractivity contribution in [2.24, 2.45) is 5.92 Å². The summed E-state index contributed by atoms with van der Waals surface area (Å²) in [7, 11) is 1.61. The van der Waals surface area contributed by atoms with Gasteiger partial charge in [0.05, 0.1) is 13.4 Å². The minimum Gasteiger partial charge on any atom is -0.497 e. The van der Waals surface area contributed by atoms with Gasteiger partial charge in [-0.2, -0.15) is 0 Å². The van der Waals surface area contributed by atoms with Crippen molar-refractivity contribution in [2.75, 3.05) is 7.11 Å². The van der Waals surface area contributed by atoms with Gasteiger partial charge < -0.3 is 9.47 Å². The molecule has 0 bridgehead atoms. The summed E-state index contributed by atoms with van der Waals surface area (Å²) in [6.45, 7) is 4.02. The van der Waals surface area contributed by atoms with Crippen molar-refractivity contribution in [1.82, 2.24) is 0 Å². The maximum absolute atomic E-state index is 11.3. The van der Waals surface area contributed by atoms with E-state index in [1.807, 2.05) is 44.2 Å². The molecule has 3 nitrogen and oxygen atoms in total. The van der Waals surface area contributed by atoms with Crippen molar-refractivity contribution in [3.63, 3.8) is 0 Å². The van der Waals surface area contributed by atoms with Crippen LogP contribution in [0.2, 0.25) is 0 Å². The lowest BCUT2D eigenvalue weighted by Gasteiger charge is -1.99. The van der Waals surface area contributed by atoms with Gasteiger partial charge in [-0.1, -0.05) is 26.0 Å². The molecule has 1 rings (SSSR count). The molecule has 0 radical (unpaired) electrons. The van der Waals surface area contributed by atoms with E-state index in [2.05, 4.69) is 0 Å². The number of hydrogen-bond acceptors (Lipinski definition) is 3. The van der Waals surface area contributed by atoms with Crippen LogP contribution >= 0.6 is 0 Å². The molecule has 18 heavy (non-hydrogen) atoms. The van der Waals surface area contributed by atoms with Crippen LogP contribution in [0.5, 0.6) is 5.75 Å². The Morgan fingerprint density at radius 3 is 2.44 bits per heavy atom. The average Bonchev–Trinajstić information content (AvgIpc) is 2.36.